The maximum absolute atomic E-state index is 12.5. The lowest BCUT2D eigenvalue weighted by Crippen LogP contribution is -2.51. The molecule has 0 amide bonds. The number of anilines is 1. The van der Waals surface area contributed by atoms with Crippen LogP contribution < -0.4 is 15.2 Å². The lowest BCUT2D eigenvalue weighted by molar-refractivity contribution is 0.351. The zero-order valence-electron chi connectivity index (χ0n) is 16.1. The van der Waals surface area contributed by atoms with Crippen LogP contribution in [-0.2, 0) is 0 Å². The van der Waals surface area contributed by atoms with Crippen molar-refractivity contribution in [2.75, 3.05) is 25.1 Å². The Kier molecular flexibility index (Phi) is 4.01. The van der Waals surface area contributed by atoms with Gasteiger partial charge in [0, 0.05) is 36.5 Å². The van der Waals surface area contributed by atoms with Gasteiger partial charge >= 0.3 is 0 Å². The Morgan fingerprint density at radius 1 is 1.14 bits per heavy atom. The van der Waals surface area contributed by atoms with Crippen LogP contribution in [0.3, 0.4) is 0 Å². The largest absolute Gasteiger partial charge is 0.496 e. The predicted molar refractivity (Wildman–Crippen MR) is 107 cm³/mol. The number of ether oxygens (including phenoxy) is 1. The Labute approximate surface area is 166 Å². The summed E-state index contributed by atoms with van der Waals surface area (Å²) >= 11 is 0. The molecule has 1 saturated heterocycles. The molecule has 9 nitrogen and oxygen atoms in total. The Morgan fingerprint density at radius 3 is 2.79 bits per heavy atom. The molecule has 0 bridgehead atoms. The van der Waals surface area contributed by atoms with Gasteiger partial charge in [-0.1, -0.05) is 12.1 Å². The average molecular weight is 389 g/mol. The van der Waals surface area contributed by atoms with Gasteiger partial charge in [0.25, 0.3) is 11.3 Å². The van der Waals surface area contributed by atoms with Crippen molar-refractivity contribution in [1.29, 1.82) is 0 Å². The van der Waals surface area contributed by atoms with Crippen molar-refractivity contribution in [2.45, 2.75) is 13.0 Å². The highest BCUT2D eigenvalue weighted by molar-refractivity contribution is 5.66. The van der Waals surface area contributed by atoms with Crippen LogP contribution in [0.5, 0.6) is 5.75 Å². The molecule has 1 fully saturated rings. The third-order valence-corrected chi connectivity index (χ3v) is 5.10. The highest BCUT2D eigenvalue weighted by atomic mass is 16.5. The minimum atomic E-state index is -0.120. The highest BCUT2D eigenvalue weighted by Gasteiger charge is 2.32. The standard InChI is InChI=1S/C20H19N7O2/c1-13-9-18(27-20(23-13)21-12-22-27)25-10-14(11-25)26-19(28)8-7-16(24-26)15-5-3-4-6-17(15)29-2/h3-9,12,14H,10-11H2,1-2H3. The first-order chi connectivity index (χ1) is 14.1. The molecule has 1 aliphatic heterocycles. The van der Waals surface area contributed by atoms with Crippen LogP contribution in [0.2, 0.25) is 0 Å². The summed E-state index contributed by atoms with van der Waals surface area (Å²) in [4.78, 5) is 23.2. The van der Waals surface area contributed by atoms with E-state index in [1.165, 1.54) is 6.33 Å². The summed E-state index contributed by atoms with van der Waals surface area (Å²) in [5.74, 6) is 2.20. The number of aryl methyl sites for hydroxylation is 1. The summed E-state index contributed by atoms with van der Waals surface area (Å²) in [6, 6.07) is 12.9. The zero-order valence-corrected chi connectivity index (χ0v) is 16.1. The van der Waals surface area contributed by atoms with E-state index in [1.54, 1.807) is 28.4 Å². The molecule has 3 aromatic heterocycles. The molecular formula is C20H19N7O2. The first-order valence-corrected chi connectivity index (χ1v) is 9.29. The second kappa shape index (κ2) is 6.69. The van der Waals surface area contributed by atoms with E-state index in [0.717, 1.165) is 22.8 Å². The van der Waals surface area contributed by atoms with Crippen molar-refractivity contribution < 1.29 is 4.74 Å². The molecule has 29 heavy (non-hydrogen) atoms. The summed E-state index contributed by atoms with van der Waals surface area (Å²) in [5.41, 5.74) is 2.32. The van der Waals surface area contributed by atoms with Gasteiger partial charge in [0.15, 0.2) is 0 Å². The van der Waals surface area contributed by atoms with Gasteiger partial charge in [-0.2, -0.15) is 19.7 Å². The molecule has 4 heterocycles. The Bertz CT molecular complexity index is 1260. The number of aromatic nitrogens is 6. The van der Waals surface area contributed by atoms with Crippen LogP contribution in [0.1, 0.15) is 11.7 Å². The topological polar surface area (TPSA) is 90.4 Å². The van der Waals surface area contributed by atoms with Crippen LogP contribution in [0.15, 0.2) is 53.6 Å². The lowest BCUT2D eigenvalue weighted by atomic mass is 10.1. The molecule has 146 valence electrons. The molecule has 0 spiro atoms. The van der Waals surface area contributed by atoms with Crippen LogP contribution in [0, 0.1) is 6.92 Å². The summed E-state index contributed by atoms with van der Waals surface area (Å²) in [6.07, 6.45) is 1.49. The highest BCUT2D eigenvalue weighted by Crippen LogP contribution is 2.30. The summed E-state index contributed by atoms with van der Waals surface area (Å²) < 4.78 is 8.71. The molecule has 0 aliphatic carbocycles. The molecule has 1 aliphatic rings. The van der Waals surface area contributed by atoms with Gasteiger partial charge in [-0.05, 0) is 25.1 Å². The van der Waals surface area contributed by atoms with E-state index in [4.69, 9.17) is 4.74 Å². The van der Waals surface area contributed by atoms with Gasteiger partial charge < -0.3 is 9.64 Å². The fraction of sp³-hybridized carbons (Fsp3) is 0.250. The number of methoxy groups -OCH3 is 1. The average Bonchev–Trinajstić information content (AvgIpc) is 3.16. The molecule has 0 saturated carbocycles. The van der Waals surface area contributed by atoms with Gasteiger partial charge in [-0.3, -0.25) is 4.79 Å². The number of para-hydroxylation sites is 1. The SMILES string of the molecule is COc1ccccc1-c1ccc(=O)n(C2CN(c3cc(C)nc4ncnn34)C2)n1. The molecule has 4 aromatic rings. The van der Waals surface area contributed by atoms with Crippen molar-refractivity contribution in [3.05, 3.63) is 64.8 Å². The van der Waals surface area contributed by atoms with Gasteiger partial charge in [-0.15, -0.1) is 0 Å². The van der Waals surface area contributed by atoms with Crippen molar-refractivity contribution in [3.63, 3.8) is 0 Å². The summed E-state index contributed by atoms with van der Waals surface area (Å²) in [7, 11) is 1.63. The van der Waals surface area contributed by atoms with Crippen molar-refractivity contribution >= 4 is 11.6 Å². The quantitative estimate of drug-likeness (QED) is 0.525. The normalized spacial score (nSPS) is 14.2. The molecule has 0 unspecified atom stereocenters. The van der Waals surface area contributed by atoms with Crippen molar-refractivity contribution in [1.82, 2.24) is 29.4 Å². The van der Waals surface area contributed by atoms with Gasteiger partial charge in [0.1, 0.15) is 17.9 Å². The minimum absolute atomic E-state index is 0.0239. The molecule has 0 atom stereocenters. The van der Waals surface area contributed by atoms with Crippen molar-refractivity contribution in [3.8, 4) is 17.0 Å². The second-order valence-corrected chi connectivity index (χ2v) is 6.99. The van der Waals surface area contributed by atoms with Crippen LogP contribution in [0.25, 0.3) is 17.0 Å². The number of benzene rings is 1. The maximum atomic E-state index is 12.5. The monoisotopic (exact) mass is 389 g/mol. The van der Waals surface area contributed by atoms with Crippen LogP contribution in [0.4, 0.5) is 5.82 Å². The summed E-state index contributed by atoms with van der Waals surface area (Å²) in [5, 5.41) is 8.88. The van der Waals surface area contributed by atoms with Gasteiger partial charge in [0.2, 0.25) is 0 Å². The lowest BCUT2D eigenvalue weighted by Gasteiger charge is -2.40. The zero-order chi connectivity index (χ0) is 20.0. The first kappa shape index (κ1) is 17.4. The van der Waals surface area contributed by atoms with E-state index in [0.29, 0.717) is 24.6 Å². The van der Waals surface area contributed by atoms with E-state index in [1.807, 2.05) is 37.3 Å². The van der Waals surface area contributed by atoms with E-state index in [9.17, 15) is 4.79 Å². The van der Waals surface area contributed by atoms with Gasteiger partial charge in [0.05, 0.1) is 18.8 Å². The Morgan fingerprint density at radius 2 is 1.97 bits per heavy atom. The molecule has 0 N–H and O–H groups in total. The molecular weight excluding hydrogens is 370 g/mol. The number of rotatable bonds is 4. The van der Waals surface area contributed by atoms with E-state index >= 15 is 0 Å². The third kappa shape index (κ3) is 2.91. The predicted octanol–water partition coefficient (Wildman–Crippen LogP) is 1.73. The molecule has 5 rings (SSSR count). The fourth-order valence-corrected chi connectivity index (χ4v) is 3.62. The maximum Gasteiger partial charge on any atom is 0.267 e. The van der Waals surface area contributed by atoms with E-state index < -0.39 is 0 Å². The number of hydrogen-bond acceptors (Lipinski definition) is 7. The third-order valence-electron chi connectivity index (χ3n) is 5.10. The van der Waals surface area contributed by atoms with Gasteiger partial charge in [-0.25, -0.2) is 9.67 Å². The second-order valence-electron chi connectivity index (χ2n) is 6.99. The summed E-state index contributed by atoms with van der Waals surface area (Å²) in [6.45, 7) is 3.24. The van der Waals surface area contributed by atoms with Crippen LogP contribution >= 0.6 is 0 Å². The number of hydrogen-bond donors (Lipinski definition) is 0. The smallest absolute Gasteiger partial charge is 0.267 e. The van der Waals surface area contributed by atoms with Crippen LogP contribution in [-0.4, -0.2) is 49.6 Å². The van der Waals surface area contributed by atoms with Crippen molar-refractivity contribution in [2.24, 2.45) is 0 Å². The Hall–Kier alpha value is -3.75. The minimum Gasteiger partial charge on any atom is -0.496 e. The number of fused-ring (bicyclic) bond motifs is 1. The molecule has 1 aromatic carbocycles. The number of nitrogens with zero attached hydrogens (tertiary/aromatic N) is 7. The van der Waals surface area contributed by atoms with E-state index in [-0.39, 0.29) is 11.6 Å². The Balaban J connectivity index is 1.45. The van der Waals surface area contributed by atoms with E-state index in [2.05, 4.69) is 25.1 Å². The fourth-order valence-electron chi connectivity index (χ4n) is 3.62. The molecule has 9 heteroatoms. The molecule has 0 radical (unpaired) electrons. The first-order valence-electron chi connectivity index (χ1n) is 9.29.